The molecule has 0 radical (unpaired) electrons. The molecule has 1 aliphatic carbocycles. The molecule has 1 aliphatic rings. The first kappa shape index (κ1) is 25.1. The average molecular weight is 445 g/mol. The molecule has 3 rings (SSSR count). The zero-order valence-electron chi connectivity index (χ0n) is 16.5. The van der Waals surface area contributed by atoms with Gasteiger partial charge in [0.2, 0.25) is 0 Å². The second-order valence-electron chi connectivity index (χ2n) is 6.95. The van der Waals surface area contributed by atoms with Crippen molar-refractivity contribution in [2.45, 2.75) is 25.7 Å². The van der Waals surface area contributed by atoms with Crippen molar-refractivity contribution >= 4 is 54.4 Å². The van der Waals surface area contributed by atoms with Crippen LogP contribution in [0.15, 0.2) is 59.7 Å². The van der Waals surface area contributed by atoms with E-state index >= 15 is 0 Å². The largest absolute Gasteiger partial charge is 0.384 e. The van der Waals surface area contributed by atoms with Gasteiger partial charge in [-0.1, -0.05) is 48.5 Å². The average Bonchev–Trinajstić information content (AvgIpc) is 2.85. The number of allylic oxidation sites excluding steroid dienone is 2. The molecule has 1 fully saturated rings. The minimum atomic E-state index is 0. The molecule has 0 heterocycles. The van der Waals surface area contributed by atoms with E-state index in [0.717, 1.165) is 48.0 Å². The Hall–Kier alpha value is -2.89. The molecule has 5 nitrogen and oxygen atoms in total. The van der Waals surface area contributed by atoms with Gasteiger partial charge in [0, 0.05) is 22.3 Å². The molecule has 0 atom stereocenters. The van der Waals surface area contributed by atoms with Gasteiger partial charge in [0.1, 0.15) is 11.7 Å². The number of hydrogen-bond acceptors (Lipinski definition) is 3. The highest BCUT2D eigenvalue weighted by Crippen LogP contribution is 2.27. The molecule has 0 spiro atoms. The van der Waals surface area contributed by atoms with Crippen LogP contribution in [0.1, 0.15) is 47.9 Å². The molecular formula is C23H26Cl2N4O. The topological polar surface area (TPSA) is 117 Å². The van der Waals surface area contributed by atoms with Crippen molar-refractivity contribution in [2.75, 3.05) is 0 Å². The molecule has 7 heteroatoms. The molecule has 0 saturated heterocycles. The van der Waals surface area contributed by atoms with Gasteiger partial charge in [-0.3, -0.25) is 15.6 Å². The third-order valence-electron chi connectivity index (χ3n) is 4.85. The molecule has 2 aromatic rings. The van der Waals surface area contributed by atoms with Crippen LogP contribution < -0.4 is 11.5 Å². The molecule has 1 saturated carbocycles. The van der Waals surface area contributed by atoms with E-state index in [-0.39, 0.29) is 42.3 Å². The third-order valence-corrected chi connectivity index (χ3v) is 4.85. The minimum Gasteiger partial charge on any atom is -0.384 e. The van der Waals surface area contributed by atoms with E-state index in [4.69, 9.17) is 22.3 Å². The maximum atomic E-state index is 13.1. The molecule has 0 unspecified atom stereocenters. The van der Waals surface area contributed by atoms with Crippen LogP contribution in [-0.2, 0) is 4.79 Å². The summed E-state index contributed by atoms with van der Waals surface area (Å²) in [6.07, 6.45) is 7.34. The van der Waals surface area contributed by atoms with Crippen LogP contribution in [0, 0.1) is 10.8 Å². The van der Waals surface area contributed by atoms with Gasteiger partial charge < -0.3 is 11.5 Å². The first-order valence-electron chi connectivity index (χ1n) is 9.29. The standard InChI is InChI=1S/C23H24N4O.2ClH/c24-22(25)17-9-5-15(6-10-17)13-19-3-1-2-4-20(21(19)28)14-16-7-11-18(12-8-16)23(26)27;;/h5-14H,1-4H2,(H3,24,25)(H3,26,27);2*1H/b19-13+,20-14+;;. The summed E-state index contributed by atoms with van der Waals surface area (Å²) >= 11 is 0. The van der Waals surface area contributed by atoms with Crippen molar-refractivity contribution in [1.82, 2.24) is 0 Å². The summed E-state index contributed by atoms with van der Waals surface area (Å²) in [6.45, 7) is 0. The number of carbonyl (C=O) groups is 1. The number of ketones is 1. The molecular weight excluding hydrogens is 419 g/mol. The van der Waals surface area contributed by atoms with Gasteiger partial charge >= 0.3 is 0 Å². The number of hydrogen-bond donors (Lipinski definition) is 4. The Balaban J connectivity index is 0.00000225. The highest BCUT2D eigenvalue weighted by Gasteiger charge is 2.19. The van der Waals surface area contributed by atoms with Crippen LogP contribution >= 0.6 is 24.8 Å². The minimum absolute atomic E-state index is 0. The van der Waals surface area contributed by atoms with Crippen LogP contribution in [-0.4, -0.2) is 17.5 Å². The van der Waals surface area contributed by atoms with Gasteiger partial charge in [-0.05, 0) is 49.0 Å². The van der Waals surface area contributed by atoms with Crippen molar-refractivity contribution in [1.29, 1.82) is 10.8 Å². The number of halogens is 2. The lowest BCUT2D eigenvalue weighted by atomic mass is 9.97. The SMILES string of the molecule is Cl.Cl.N=C(N)c1ccc(/C=C2\CCCC/C(=C\c3ccc(C(=N)N)cc3)C2=O)cc1. The van der Waals surface area contributed by atoms with Crippen molar-refractivity contribution in [3.05, 3.63) is 81.9 Å². The third kappa shape index (κ3) is 6.31. The molecule has 158 valence electrons. The lowest BCUT2D eigenvalue weighted by Gasteiger charge is -2.07. The number of nitrogens with two attached hydrogens (primary N) is 2. The maximum Gasteiger partial charge on any atom is 0.185 e. The number of nitrogen functional groups attached to an aromatic ring is 2. The van der Waals surface area contributed by atoms with Crippen molar-refractivity contribution in [2.24, 2.45) is 11.5 Å². The normalized spacial score (nSPS) is 16.3. The van der Waals surface area contributed by atoms with Gasteiger partial charge in [-0.2, -0.15) is 0 Å². The second-order valence-corrected chi connectivity index (χ2v) is 6.95. The molecule has 30 heavy (non-hydrogen) atoms. The zero-order chi connectivity index (χ0) is 20.1. The molecule has 6 N–H and O–H groups in total. The van der Waals surface area contributed by atoms with Gasteiger partial charge in [-0.15, -0.1) is 24.8 Å². The predicted octanol–water partition coefficient (Wildman–Crippen LogP) is 4.71. The monoisotopic (exact) mass is 444 g/mol. The Morgan fingerprint density at radius 3 is 1.33 bits per heavy atom. The van der Waals surface area contributed by atoms with Crippen LogP contribution in [0.2, 0.25) is 0 Å². The van der Waals surface area contributed by atoms with E-state index in [1.807, 2.05) is 36.4 Å². The Labute approximate surface area is 189 Å². The van der Waals surface area contributed by atoms with E-state index < -0.39 is 0 Å². The van der Waals surface area contributed by atoms with E-state index in [1.54, 1.807) is 24.3 Å². The van der Waals surface area contributed by atoms with Crippen LogP contribution in [0.4, 0.5) is 0 Å². The van der Waals surface area contributed by atoms with E-state index in [9.17, 15) is 4.79 Å². The second kappa shape index (κ2) is 11.3. The Morgan fingerprint density at radius 1 is 0.700 bits per heavy atom. The summed E-state index contributed by atoms with van der Waals surface area (Å²) in [7, 11) is 0. The summed E-state index contributed by atoms with van der Waals surface area (Å²) in [6, 6.07) is 14.7. The number of Topliss-reactive ketones (excluding diaryl/α,β-unsaturated/α-hetero) is 1. The number of amidine groups is 2. The van der Waals surface area contributed by atoms with E-state index in [1.165, 1.54) is 0 Å². The fourth-order valence-electron chi connectivity index (χ4n) is 3.26. The van der Waals surface area contributed by atoms with Crippen molar-refractivity contribution in [3.8, 4) is 0 Å². The number of carbonyl (C=O) groups excluding carboxylic acids is 1. The quantitative estimate of drug-likeness (QED) is 0.236. The zero-order valence-corrected chi connectivity index (χ0v) is 18.1. The summed E-state index contributed by atoms with van der Waals surface area (Å²) in [5.41, 5.74) is 15.8. The Bertz CT molecular complexity index is 898. The lowest BCUT2D eigenvalue weighted by molar-refractivity contribution is -0.112. The van der Waals surface area contributed by atoms with Crippen LogP contribution in [0.3, 0.4) is 0 Å². The van der Waals surface area contributed by atoms with Crippen LogP contribution in [0.25, 0.3) is 12.2 Å². The van der Waals surface area contributed by atoms with Crippen LogP contribution in [0.5, 0.6) is 0 Å². The Kier molecular flexibility index (Phi) is 9.50. The lowest BCUT2D eigenvalue weighted by Crippen LogP contribution is -2.10. The van der Waals surface area contributed by atoms with Gasteiger partial charge in [-0.25, -0.2) is 0 Å². The van der Waals surface area contributed by atoms with Gasteiger partial charge in [0.05, 0.1) is 0 Å². The number of rotatable bonds is 4. The fourth-order valence-corrected chi connectivity index (χ4v) is 3.26. The smallest absolute Gasteiger partial charge is 0.185 e. The summed E-state index contributed by atoms with van der Waals surface area (Å²) in [5.74, 6) is 0.153. The van der Waals surface area contributed by atoms with Crippen molar-refractivity contribution in [3.63, 3.8) is 0 Å². The molecule has 0 aliphatic heterocycles. The predicted molar refractivity (Wildman–Crippen MR) is 129 cm³/mol. The van der Waals surface area contributed by atoms with E-state index in [2.05, 4.69) is 0 Å². The maximum absolute atomic E-state index is 13.1. The van der Waals surface area contributed by atoms with Crippen molar-refractivity contribution < 1.29 is 4.79 Å². The highest BCUT2D eigenvalue weighted by atomic mass is 35.5. The number of nitrogens with one attached hydrogen (secondary N) is 2. The molecule has 2 aromatic carbocycles. The molecule has 0 amide bonds. The van der Waals surface area contributed by atoms with Gasteiger partial charge in [0.15, 0.2) is 5.78 Å². The summed E-state index contributed by atoms with van der Waals surface area (Å²) in [5, 5.41) is 14.9. The summed E-state index contributed by atoms with van der Waals surface area (Å²) in [4.78, 5) is 13.1. The summed E-state index contributed by atoms with van der Waals surface area (Å²) < 4.78 is 0. The first-order chi connectivity index (χ1) is 13.4. The molecule has 0 bridgehead atoms. The van der Waals surface area contributed by atoms with E-state index in [0.29, 0.717) is 11.1 Å². The first-order valence-corrected chi connectivity index (χ1v) is 9.29. The number of benzene rings is 2. The highest BCUT2D eigenvalue weighted by molar-refractivity contribution is 6.13. The Morgan fingerprint density at radius 2 is 1.03 bits per heavy atom. The molecule has 0 aromatic heterocycles. The fraction of sp³-hybridized carbons (Fsp3) is 0.174. The van der Waals surface area contributed by atoms with Gasteiger partial charge in [0.25, 0.3) is 0 Å².